The molecule has 0 bridgehead atoms. The van der Waals surface area contributed by atoms with Crippen LogP contribution in [0.2, 0.25) is 0 Å². The molecule has 0 radical (unpaired) electrons. The van der Waals surface area contributed by atoms with Crippen molar-refractivity contribution in [3.63, 3.8) is 0 Å². The Hall–Kier alpha value is -1.47. The number of amides is 4. The number of hydrogen-bond acceptors (Lipinski definition) is 5. The van der Waals surface area contributed by atoms with Crippen LogP contribution in [0, 0.1) is 5.41 Å². The molecule has 2 saturated heterocycles. The van der Waals surface area contributed by atoms with Crippen molar-refractivity contribution in [1.29, 1.82) is 0 Å². The molecule has 2 heterocycles. The first kappa shape index (κ1) is 12.6. The number of hydrogen-bond donors (Lipinski definition) is 1. The third kappa shape index (κ3) is 2.02. The van der Waals surface area contributed by atoms with Crippen molar-refractivity contribution >= 4 is 17.8 Å². The van der Waals surface area contributed by atoms with Crippen LogP contribution in [0.3, 0.4) is 0 Å². The molecule has 1 N–H and O–H groups in total. The molecule has 2 aliphatic heterocycles. The molecule has 19 heavy (non-hydrogen) atoms. The summed E-state index contributed by atoms with van der Waals surface area (Å²) in [5, 5.41) is 2.27. The number of likely N-dealkylation sites (N-methyl/N-ethyl adjacent to an activating group) is 1. The van der Waals surface area contributed by atoms with Gasteiger partial charge in [-0.05, 0) is 19.9 Å². The van der Waals surface area contributed by atoms with Crippen LogP contribution in [0.5, 0.6) is 0 Å². The van der Waals surface area contributed by atoms with Crippen LogP contribution < -0.4 is 5.32 Å². The van der Waals surface area contributed by atoms with Gasteiger partial charge in [0.05, 0.1) is 19.3 Å². The van der Waals surface area contributed by atoms with Crippen LogP contribution in [-0.2, 0) is 14.3 Å². The van der Waals surface area contributed by atoms with E-state index in [2.05, 4.69) is 10.2 Å². The summed E-state index contributed by atoms with van der Waals surface area (Å²) in [5.74, 6) is -0.807. The number of carbonyl (C=O) groups is 3. The SMILES string of the molecule is CN1CCOC(CN2C(=O)NC(=O)C3(CC3)C2=O)C1. The van der Waals surface area contributed by atoms with Gasteiger partial charge in [-0.3, -0.25) is 19.8 Å². The largest absolute Gasteiger partial charge is 0.374 e. The van der Waals surface area contributed by atoms with Gasteiger partial charge in [-0.1, -0.05) is 0 Å². The summed E-state index contributed by atoms with van der Waals surface area (Å²) < 4.78 is 5.56. The maximum absolute atomic E-state index is 12.3. The van der Waals surface area contributed by atoms with Crippen LogP contribution >= 0.6 is 0 Å². The smallest absolute Gasteiger partial charge is 0.330 e. The summed E-state index contributed by atoms with van der Waals surface area (Å²) in [6.07, 6.45) is 0.886. The maximum Gasteiger partial charge on any atom is 0.330 e. The van der Waals surface area contributed by atoms with E-state index in [9.17, 15) is 14.4 Å². The summed E-state index contributed by atoms with van der Waals surface area (Å²) in [5.41, 5.74) is -0.964. The van der Waals surface area contributed by atoms with Crippen molar-refractivity contribution in [2.24, 2.45) is 5.41 Å². The number of imide groups is 2. The van der Waals surface area contributed by atoms with Gasteiger partial charge in [0, 0.05) is 13.1 Å². The van der Waals surface area contributed by atoms with Crippen LogP contribution in [0.25, 0.3) is 0 Å². The lowest BCUT2D eigenvalue weighted by Crippen LogP contribution is -2.61. The minimum absolute atomic E-state index is 0.183. The summed E-state index contributed by atoms with van der Waals surface area (Å²) in [4.78, 5) is 39.0. The van der Waals surface area contributed by atoms with Crippen molar-refractivity contribution in [3.8, 4) is 0 Å². The molecular formula is C12H17N3O4. The fourth-order valence-electron chi connectivity index (χ4n) is 2.64. The first-order chi connectivity index (χ1) is 9.03. The summed E-state index contributed by atoms with van der Waals surface area (Å²) >= 11 is 0. The Labute approximate surface area is 110 Å². The molecule has 7 heteroatoms. The Morgan fingerprint density at radius 1 is 1.37 bits per heavy atom. The molecule has 0 aromatic heterocycles. The lowest BCUT2D eigenvalue weighted by Gasteiger charge is -2.36. The van der Waals surface area contributed by atoms with E-state index < -0.39 is 17.4 Å². The molecule has 3 fully saturated rings. The fraction of sp³-hybridized carbons (Fsp3) is 0.750. The van der Waals surface area contributed by atoms with Gasteiger partial charge in [0.1, 0.15) is 5.41 Å². The van der Waals surface area contributed by atoms with Crippen LogP contribution in [-0.4, -0.2) is 67.0 Å². The van der Waals surface area contributed by atoms with E-state index in [1.54, 1.807) is 0 Å². The minimum atomic E-state index is -0.964. The number of carbonyl (C=O) groups excluding carboxylic acids is 3. The van der Waals surface area contributed by atoms with E-state index in [-0.39, 0.29) is 18.6 Å². The zero-order chi connectivity index (χ0) is 13.6. The van der Waals surface area contributed by atoms with Gasteiger partial charge in [-0.15, -0.1) is 0 Å². The summed E-state index contributed by atoms with van der Waals surface area (Å²) in [7, 11) is 1.97. The van der Waals surface area contributed by atoms with Crippen LogP contribution in [0.15, 0.2) is 0 Å². The predicted molar refractivity (Wildman–Crippen MR) is 64.2 cm³/mol. The molecule has 104 valence electrons. The number of rotatable bonds is 2. The zero-order valence-electron chi connectivity index (χ0n) is 10.8. The van der Waals surface area contributed by atoms with Crippen LogP contribution in [0.4, 0.5) is 4.79 Å². The van der Waals surface area contributed by atoms with Crippen LogP contribution in [0.1, 0.15) is 12.8 Å². The number of ether oxygens (including phenoxy) is 1. The normalized spacial score (nSPS) is 30.7. The van der Waals surface area contributed by atoms with Gasteiger partial charge in [-0.2, -0.15) is 0 Å². The molecule has 7 nitrogen and oxygen atoms in total. The first-order valence-electron chi connectivity index (χ1n) is 6.50. The molecule has 1 saturated carbocycles. The molecule has 4 amide bonds. The first-order valence-corrected chi connectivity index (χ1v) is 6.50. The quantitative estimate of drug-likeness (QED) is 0.661. The monoisotopic (exact) mass is 267 g/mol. The van der Waals surface area contributed by atoms with Crippen molar-refractivity contribution < 1.29 is 19.1 Å². The average molecular weight is 267 g/mol. The number of morpholine rings is 1. The minimum Gasteiger partial charge on any atom is -0.374 e. The van der Waals surface area contributed by atoms with E-state index >= 15 is 0 Å². The molecular weight excluding hydrogens is 250 g/mol. The Bertz CT molecular complexity index is 446. The van der Waals surface area contributed by atoms with E-state index in [0.29, 0.717) is 26.0 Å². The Balaban J connectivity index is 1.71. The predicted octanol–water partition coefficient (Wildman–Crippen LogP) is -0.824. The second-order valence-electron chi connectivity index (χ2n) is 5.51. The van der Waals surface area contributed by atoms with E-state index in [1.165, 1.54) is 0 Å². The number of barbiturate groups is 1. The second kappa shape index (κ2) is 4.28. The fourth-order valence-corrected chi connectivity index (χ4v) is 2.64. The molecule has 1 unspecified atom stereocenters. The van der Waals surface area contributed by atoms with Crippen molar-refractivity contribution in [1.82, 2.24) is 15.1 Å². The number of urea groups is 1. The Morgan fingerprint density at radius 3 is 2.74 bits per heavy atom. The summed E-state index contributed by atoms with van der Waals surface area (Å²) in [6, 6.07) is -0.621. The van der Waals surface area contributed by atoms with Gasteiger partial charge < -0.3 is 9.64 Å². The number of nitrogens with one attached hydrogen (secondary N) is 1. The third-order valence-corrected chi connectivity index (χ3v) is 4.03. The van der Waals surface area contributed by atoms with E-state index in [4.69, 9.17) is 4.74 Å². The lowest BCUT2D eigenvalue weighted by molar-refractivity contribution is -0.146. The van der Waals surface area contributed by atoms with Crippen molar-refractivity contribution in [2.45, 2.75) is 18.9 Å². The van der Waals surface area contributed by atoms with E-state index in [0.717, 1.165) is 11.4 Å². The van der Waals surface area contributed by atoms with E-state index in [1.807, 2.05) is 7.05 Å². The molecule has 0 aromatic rings. The van der Waals surface area contributed by atoms with Gasteiger partial charge in [0.25, 0.3) is 0 Å². The zero-order valence-corrected chi connectivity index (χ0v) is 10.8. The average Bonchev–Trinajstić information content (AvgIpc) is 3.15. The Kier molecular flexibility index (Phi) is 2.83. The lowest BCUT2D eigenvalue weighted by atomic mass is 10.0. The molecule has 3 rings (SSSR count). The Morgan fingerprint density at radius 2 is 2.11 bits per heavy atom. The molecule has 1 atom stereocenters. The third-order valence-electron chi connectivity index (χ3n) is 4.03. The maximum atomic E-state index is 12.3. The standard InChI is InChI=1S/C12H17N3O4/c1-14-4-5-19-8(6-14)7-15-10(17)12(2-3-12)9(16)13-11(15)18/h8H,2-7H2,1H3,(H,13,16,18). The number of nitrogens with zero attached hydrogens (tertiary/aromatic N) is 2. The molecule has 1 aliphatic carbocycles. The van der Waals surface area contributed by atoms with Crippen molar-refractivity contribution in [3.05, 3.63) is 0 Å². The highest BCUT2D eigenvalue weighted by atomic mass is 16.5. The molecule has 3 aliphatic rings. The van der Waals surface area contributed by atoms with Gasteiger partial charge >= 0.3 is 6.03 Å². The highest BCUT2D eigenvalue weighted by Crippen LogP contribution is 2.48. The molecule has 0 aromatic carbocycles. The molecule has 1 spiro atoms. The summed E-state index contributed by atoms with van der Waals surface area (Å²) in [6.45, 7) is 2.33. The topological polar surface area (TPSA) is 79.0 Å². The highest BCUT2D eigenvalue weighted by molar-refractivity contribution is 6.20. The highest BCUT2D eigenvalue weighted by Gasteiger charge is 2.62. The van der Waals surface area contributed by atoms with Crippen molar-refractivity contribution in [2.75, 3.05) is 33.3 Å². The second-order valence-corrected chi connectivity index (χ2v) is 5.51. The van der Waals surface area contributed by atoms with Gasteiger partial charge in [0.15, 0.2) is 0 Å². The van der Waals surface area contributed by atoms with Gasteiger partial charge in [-0.25, -0.2) is 4.79 Å². The van der Waals surface area contributed by atoms with Gasteiger partial charge in [0.2, 0.25) is 11.8 Å².